The molecule has 0 aromatic heterocycles. The van der Waals surface area contributed by atoms with Crippen molar-refractivity contribution in [3.05, 3.63) is 39.8 Å². The number of sulfone groups is 1. The van der Waals surface area contributed by atoms with Crippen LogP contribution in [0.25, 0.3) is 6.08 Å². The summed E-state index contributed by atoms with van der Waals surface area (Å²) in [5.41, 5.74) is 0.702. The van der Waals surface area contributed by atoms with E-state index in [1.807, 2.05) is 0 Å². The fraction of sp³-hybridized carbons (Fsp3) is 0.353. The van der Waals surface area contributed by atoms with Gasteiger partial charge >= 0.3 is 0 Å². The molecule has 1 aromatic rings. The molecule has 10 heteroatoms. The average Bonchev–Trinajstić information content (AvgIpc) is 3.05. The van der Waals surface area contributed by atoms with E-state index in [1.54, 1.807) is 30.3 Å². The van der Waals surface area contributed by atoms with Gasteiger partial charge in [-0.2, -0.15) is 0 Å². The molecule has 2 fully saturated rings. The van der Waals surface area contributed by atoms with Crippen molar-refractivity contribution >= 4 is 56.3 Å². The summed E-state index contributed by atoms with van der Waals surface area (Å²) >= 11 is 6.73. The third kappa shape index (κ3) is 5.12. The lowest BCUT2D eigenvalue weighted by Gasteiger charge is -2.14. The van der Waals surface area contributed by atoms with E-state index in [1.165, 1.54) is 0 Å². The maximum atomic E-state index is 12.4. The zero-order valence-electron chi connectivity index (χ0n) is 14.2. The van der Waals surface area contributed by atoms with Crippen LogP contribution in [-0.2, 0) is 19.4 Å². The molecule has 2 heterocycles. The number of nitrogens with zero attached hydrogens (tertiary/aromatic N) is 1. The molecule has 2 aliphatic heterocycles. The summed E-state index contributed by atoms with van der Waals surface area (Å²) in [6, 6.07) is 6.49. The molecule has 1 atom stereocenters. The molecule has 0 saturated carbocycles. The molecule has 2 saturated heterocycles. The van der Waals surface area contributed by atoms with Gasteiger partial charge in [-0.25, -0.2) is 8.42 Å². The van der Waals surface area contributed by atoms with Gasteiger partial charge in [0, 0.05) is 24.0 Å². The number of thioether (sulfide) groups is 1. The summed E-state index contributed by atoms with van der Waals surface area (Å²) in [7, 11) is -3.08. The van der Waals surface area contributed by atoms with Crippen molar-refractivity contribution in [2.75, 3.05) is 18.1 Å². The van der Waals surface area contributed by atoms with E-state index in [4.69, 9.17) is 11.6 Å². The Bertz CT molecular complexity index is 929. The van der Waals surface area contributed by atoms with Crippen molar-refractivity contribution < 1.29 is 22.8 Å². The van der Waals surface area contributed by atoms with E-state index in [9.17, 15) is 22.8 Å². The smallest absolute Gasteiger partial charge is 0.293 e. The number of benzene rings is 1. The minimum absolute atomic E-state index is 0.0527. The second-order valence-corrected chi connectivity index (χ2v) is 9.96. The normalized spacial score (nSPS) is 23.2. The van der Waals surface area contributed by atoms with E-state index in [0.29, 0.717) is 17.0 Å². The van der Waals surface area contributed by atoms with Crippen molar-refractivity contribution in [1.29, 1.82) is 0 Å². The molecule has 27 heavy (non-hydrogen) atoms. The topological polar surface area (TPSA) is 101 Å². The zero-order valence-corrected chi connectivity index (χ0v) is 16.6. The number of halogens is 1. The number of hydrogen-bond acceptors (Lipinski definition) is 6. The highest BCUT2D eigenvalue weighted by molar-refractivity contribution is 8.18. The van der Waals surface area contributed by atoms with Gasteiger partial charge in [-0.15, -0.1) is 0 Å². The first kappa shape index (κ1) is 19.9. The number of rotatable bonds is 5. The highest BCUT2D eigenvalue weighted by Gasteiger charge is 2.35. The standard InChI is InChI=1S/C17H17ClN2O5S2/c18-12-3-1-2-11(8-12)9-14-16(22)20(17(23)26-14)6-4-15(21)19-13-5-7-27(24,25)10-13/h1-3,8-9,13H,4-7,10H2,(H,19,21)/b14-9-. The van der Waals surface area contributed by atoms with Crippen molar-refractivity contribution in [3.63, 3.8) is 0 Å². The summed E-state index contributed by atoms with van der Waals surface area (Å²) in [4.78, 5) is 37.8. The number of amides is 3. The van der Waals surface area contributed by atoms with Crippen LogP contribution in [0.2, 0.25) is 5.02 Å². The van der Waals surface area contributed by atoms with Gasteiger partial charge in [-0.3, -0.25) is 19.3 Å². The Morgan fingerprint density at radius 1 is 1.37 bits per heavy atom. The van der Waals surface area contributed by atoms with Gasteiger partial charge in [0.2, 0.25) is 5.91 Å². The second-order valence-electron chi connectivity index (χ2n) is 6.31. The lowest BCUT2D eigenvalue weighted by Crippen LogP contribution is -2.38. The molecule has 1 N–H and O–H groups in total. The van der Waals surface area contributed by atoms with E-state index in [2.05, 4.69) is 5.32 Å². The molecule has 144 valence electrons. The molecule has 0 bridgehead atoms. The molecular weight excluding hydrogens is 412 g/mol. The minimum atomic E-state index is -3.08. The van der Waals surface area contributed by atoms with Crippen LogP contribution in [0.4, 0.5) is 4.79 Å². The maximum absolute atomic E-state index is 12.4. The first-order valence-electron chi connectivity index (χ1n) is 8.24. The van der Waals surface area contributed by atoms with Crippen molar-refractivity contribution in [3.8, 4) is 0 Å². The van der Waals surface area contributed by atoms with E-state index >= 15 is 0 Å². The number of carbonyl (C=O) groups is 3. The molecule has 3 amide bonds. The van der Waals surface area contributed by atoms with Gasteiger partial charge in [-0.1, -0.05) is 23.7 Å². The monoisotopic (exact) mass is 428 g/mol. The molecule has 0 aliphatic carbocycles. The molecule has 0 spiro atoms. The Balaban J connectivity index is 1.57. The molecule has 1 aromatic carbocycles. The van der Waals surface area contributed by atoms with Crippen LogP contribution in [0.1, 0.15) is 18.4 Å². The van der Waals surface area contributed by atoms with Crippen molar-refractivity contribution in [2.45, 2.75) is 18.9 Å². The van der Waals surface area contributed by atoms with E-state index in [0.717, 1.165) is 16.7 Å². The fourth-order valence-electron chi connectivity index (χ4n) is 2.86. The molecule has 7 nitrogen and oxygen atoms in total. The summed E-state index contributed by atoms with van der Waals surface area (Å²) in [6.45, 7) is -0.0527. The van der Waals surface area contributed by atoms with Gasteiger partial charge in [0.05, 0.1) is 16.4 Å². The van der Waals surface area contributed by atoms with Crippen molar-refractivity contribution in [2.24, 2.45) is 0 Å². The molecule has 3 rings (SSSR count). The van der Waals surface area contributed by atoms with Gasteiger partial charge in [0.25, 0.3) is 11.1 Å². The number of nitrogens with one attached hydrogen (secondary N) is 1. The predicted molar refractivity (Wildman–Crippen MR) is 104 cm³/mol. The lowest BCUT2D eigenvalue weighted by molar-refractivity contribution is -0.124. The molecule has 1 unspecified atom stereocenters. The summed E-state index contributed by atoms with van der Waals surface area (Å²) in [5.74, 6) is -0.839. The quantitative estimate of drug-likeness (QED) is 0.720. The zero-order chi connectivity index (χ0) is 19.6. The first-order valence-corrected chi connectivity index (χ1v) is 11.3. The third-order valence-corrected chi connectivity index (χ3v) is 7.09. The highest BCUT2D eigenvalue weighted by atomic mass is 35.5. The van der Waals surface area contributed by atoms with E-state index in [-0.39, 0.29) is 35.3 Å². The number of carbonyl (C=O) groups excluding carboxylic acids is 3. The van der Waals surface area contributed by atoms with Gasteiger partial charge in [-0.05, 0) is 42.0 Å². The summed E-state index contributed by atoms with van der Waals surface area (Å²) in [5, 5.41) is 2.72. The Morgan fingerprint density at radius 2 is 2.15 bits per heavy atom. The van der Waals surface area contributed by atoms with Crippen molar-refractivity contribution in [1.82, 2.24) is 10.2 Å². The second kappa shape index (κ2) is 8.04. The Hall–Kier alpha value is -1.84. The SMILES string of the molecule is O=C(CCN1C(=O)S/C(=C\c2cccc(Cl)c2)C1=O)NC1CCS(=O)(=O)C1. The molecule has 2 aliphatic rings. The third-order valence-electron chi connectivity index (χ3n) is 4.18. The fourth-order valence-corrected chi connectivity index (χ4v) is 5.60. The lowest BCUT2D eigenvalue weighted by atomic mass is 10.2. The van der Waals surface area contributed by atoms with Crippen LogP contribution in [-0.4, -0.2) is 54.5 Å². The number of imide groups is 1. The van der Waals surface area contributed by atoms with Crippen LogP contribution in [0, 0.1) is 0 Å². The van der Waals surface area contributed by atoms with Crippen LogP contribution in [0.3, 0.4) is 0 Å². The minimum Gasteiger partial charge on any atom is -0.352 e. The van der Waals surface area contributed by atoms with Gasteiger partial charge in [0.15, 0.2) is 9.84 Å². The van der Waals surface area contributed by atoms with Crippen LogP contribution in [0.5, 0.6) is 0 Å². The van der Waals surface area contributed by atoms with Crippen LogP contribution < -0.4 is 5.32 Å². The molecule has 0 radical (unpaired) electrons. The maximum Gasteiger partial charge on any atom is 0.293 e. The van der Waals surface area contributed by atoms with Crippen LogP contribution in [0.15, 0.2) is 29.2 Å². The Kier molecular flexibility index (Phi) is 5.92. The van der Waals surface area contributed by atoms with Gasteiger partial charge < -0.3 is 5.32 Å². The first-order chi connectivity index (χ1) is 12.7. The Labute approximate surface area is 166 Å². The number of hydrogen-bond donors (Lipinski definition) is 1. The Morgan fingerprint density at radius 3 is 2.81 bits per heavy atom. The highest BCUT2D eigenvalue weighted by Crippen LogP contribution is 2.32. The summed E-state index contributed by atoms with van der Waals surface area (Å²) < 4.78 is 22.8. The summed E-state index contributed by atoms with van der Waals surface area (Å²) in [6.07, 6.45) is 1.90. The average molecular weight is 429 g/mol. The predicted octanol–water partition coefficient (Wildman–Crippen LogP) is 2.07. The molecular formula is C17H17ClN2O5S2. The van der Waals surface area contributed by atoms with E-state index < -0.39 is 27.0 Å². The largest absolute Gasteiger partial charge is 0.352 e. The van der Waals surface area contributed by atoms with Gasteiger partial charge in [0.1, 0.15) is 0 Å². The van der Waals surface area contributed by atoms with Crippen LogP contribution >= 0.6 is 23.4 Å².